The van der Waals surface area contributed by atoms with E-state index in [1.807, 2.05) is 19.1 Å². The monoisotopic (exact) mass is 292 g/mol. The smallest absolute Gasteiger partial charge is 0.237 e. The fourth-order valence-corrected chi connectivity index (χ4v) is 2.18. The Labute approximate surface area is 128 Å². The first kappa shape index (κ1) is 17.5. The fraction of sp³-hybridized carbons (Fsp3) is 0.588. The number of benzene rings is 1. The summed E-state index contributed by atoms with van der Waals surface area (Å²) in [6, 6.07) is 8.27. The topological polar surface area (TPSA) is 64.3 Å². The molecule has 0 radical (unpaired) electrons. The molecule has 0 fully saturated rings. The Morgan fingerprint density at radius 3 is 2.48 bits per heavy atom. The molecule has 1 amide bonds. The first-order valence-corrected chi connectivity index (χ1v) is 7.72. The molecule has 4 heteroatoms. The number of amides is 1. The van der Waals surface area contributed by atoms with E-state index < -0.39 is 5.54 Å². The molecule has 1 unspecified atom stereocenters. The molecular weight excluding hydrogens is 264 g/mol. The van der Waals surface area contributed by atoms with E-state index in [9.17, 15) is 4.79 Å². The van der Waals surface area contributed by atoms with Crippen LogP contribution in [-0.2, 0) is 11.2 Å². The Hall–Kier alpha value is -1.55. The lowest BCUT2D eigenvalue weighted by Crippen LogP contribution is -2.51. The molecule has 0 aliphatic rings. The van der Waals surface area contributed by atoms with Crippen LogP contribution in [-0.4, -0.2) is 25.1 Å². The lowest BCUT2D eigenvalue weighted by Gasteiger charge is -2.25. The van der Waals surface area contributed by atoms with Gasteiger partial charge >= 0.3 is 0 Å². The van der Waals surface area contributed by atoms with Crippen molar-refractivity contribution >= 4 is 5.91 Å². The molecule has 118 valence electrons. The van der Waals surface area contributed by atoms with Gasteiger partial charge in [-0.15, -0.1) is 0 Å². The van der Waals surface area contributed by atoms with Crippen LogP contribution in [0.1, 0.15) is 45.1 Å². The number of rotatable bonds is 10. The molecule has 4 nitrogen and oxygen atoms in total. The highest BCUT2D eigenvalue weighted by atomic mass is 16.5. The van der Waals surface area contributed by atoms with Crippen LogP contribution in [0, 0.1) is 0 Å². The van der Waals surface area contributed by atoms with Gasteiger partial charge in [0.1, 0.15) is 5.75 Å². The molecule has 0 heterocycles. The van der Waals surface area contributed by atoms with Crippen LogP contribution in [0.5, 0.6) is 5.75 Å². The van der Waals surface area contributed by atoms with Crippen LogP contribution < -0.4 is 15.8 Å². The number of primary amides is 1. The molecular formula is C17H28N2O2. The molecule has 0 saturated heterocycles. The summed E-state index contributed by atoms with van der Waals surface area (Å²) in [4.78, 5) is 11.4. The number of unbranched alkanes of at least 4 members (excludes halogenated alkanes) is 1. The third-order valence-electron chi connectivity index (χ3n) is 3.90. The van der Waals surface area contributed by atoms with Gasteiger partial charge in [0.25, 0.3) is 0 Å². The molecule has 0 spiro atoms. The summed E-state index contributed by atoms with van der Waals surface area (Å²) >= 11 is 0. The average Bonchev–Trinajstić information content (AvgIpc) is 2.48. The zero-order valence-electron chi connectivity index (χ0n) is 13.4. The summed E-state index contributed by atoms with van der Waals surface area (Å²) < 4.78 is 5.71. The molecule has 1 rings (SSSR count). The molecule has 0 aliphatic carbocycles. The van der Waals surface area contributed by atoms with Gasteiger partial charge in [-0.2, -0.15) is 0 Å². The molecule has 1 aromatic rings. The van der Waals surface area contributed by atoms with E-state index in [0.717, 1.165) is 37.9 Å². The Kier molecular flexibility index (Phi) is 7.23. The summed E-state index contributed by atoms with van der Waals surface area (Å²) in [6.07, 6.45) is 4.79. The second-order valence-electron chi connectivity index (χ2n) is 5.65. The van der Waals surface area contributed by atoms with Crippen LogP contribution in [0.15, 0.2) is 24.3 Å². The van der Waals surface area contributed by atoms with Crippen LogP contribution >= 0.6 is 0 Å². The maximum atomic E-state index is 11.4. The highest BCUT2D eigenvalue weighted by molar-refractivity contribution is 5.84. The van der Waals surface area contributed by atoms with Crippen molar-refractivity contribution in [2.24, 2.45) is 5.73 Å². The SMILES string of the molecule is CCCc1ccc(OCCCCC(C)(NC)C(N)=O)cc1. The van der Waals surface area contributed by atoms with Crippen molar-refractivity contribution in [3.8, 4) is 5.75 Å². The van der Waals surface area contributed by atoms with E-state index in [1.54, 1.807) is 7.05 Å². The van der Waals surface area contributed by atoms with Crippen molar-refractivity contribution < 1.29 is 9.53 Å². The number of hydrogen-bond acceptors (Lipinski definition) is 3. The van der Waals surface area contributed by atoms with Crippen molar-refractivity contribution in [3.63, 3.8) is 0 Å². The molecule has 1 atom stereocenters. The van der Waals surface area contributed by atoms with Crippen molar-refractivity contribution in [2.45, 2.75) is 51.5 Å². The lowest BCUT2D eigenvalue weighted by atomic mass is 9.94. The van der Waals surface area contributed by atoms with Crippen molar-refractivity contribution in [3.05, 3.63) is 29.8 Å². The predicted octanol–water partition coefficient (Wildman–Crippen LogP) is 2.65. The quantitative estimate of drug-likeness (QED) is 0.652. The van der Waals surface area contributed by atoms with Gasteiger partial charge in [0.2, 0.25) is 5.91 Å². The minimum absolute atomic E-state index is 0.308. The van der Waals surface area contributed by atoms with Crippen LogP contribution in [0.25, 0.3) is 0 Å². The maximum Gasteiger partial charge on any atom is 0.237 e. The summed E-state index contributed by atoms with van der Waals surface area (Å²) in [5.74, 6) is 0.596. The minimum atomic E-state index is -0.623. The standard InChI is InChI=1S/C17H28N2O2/c1-4-7-14-8-10-15(11-9-14)21-13-6-5-12-17(2,19-3)16(18)20/h8-11,19H,4-7,12-13H2,1-3H3,(H2,18,20). The van der Waals surface area contributed by atoms with Gasteiger partial charge in [0.05, 0.1) is 12.1 Å². The second-order valence-corrected chi connectivity index (χ2v) is 5.65. The van der Waals surface area contributed by atoms with Crippen molar-refractivity contribution in [1.82, 2.24) is 5.32 Å². The predicted molar refractivity (Wildman–Crippen MR) is 86.4 cm³/mol. The maximum absolute atomic E-state index is 11.4. The number of aryl methyl sites for hydroxylation is 1. The summed E-state index contributed by atoms with van der Waals surface area (Å²) in [5, 5.41) is 2.99. The minimum Gasteiger partial charge on any atom is -0.494 e. The van der Waals surface area contributed by atoms with Gasteiger partial charge in [-0.05, 0) is 57.4 Å². The van der Waals surface area contributed by atoms with E-state index >= 15 is 0 Å². The summed E-state index contributed by atoms with van der Waals surface area (Å²) in [7, 11) is 1.76. The lowest BCUT2D eigenvalue weighted by molar-refractivity contribution is -0.123. The largest absolute Gasteiger partial charge is 0.494 e. The molecule has 3 N–H and O–H groups in total. The molecule has 0 bridgehead atoms. The van der Waals surface area contributed by atoms with E-state index in [4.69, 9.17) is 10.5 Å². The molecule has 0 aromatic heterocycles. The number of carbonyl (C=O) groups is 1. The molecule has 1 aromatic carbocycles. The van der Waals surface area contributed by atoms with E-state index in [2.05, 4.69) is 24.4 Å². The molecule has 21 heavy (non-hydrogen) atoms. The number of carbonyl (C=O) groups excluding carboxylic acids is 1. The third-order valence-corrected chi connectivity index (χ3v) is 3.90. The highest BCUT2D eigenvalue weighted by Gasteiger charge is 2.27. The zero-order valence-corrected chi connectivity index (χ0v) is 13.4. The molecule has 0 aliphatic heterocycles. The van der Waals surface area contributed by atoms with E-state index in [1.165, 1.54) is 5.56 Å². The zero-order chi connectivity index (χ0) is 15.7. The van der Waals surface area contributed by atoms with E-state index in [0.29, 0.717) is 6.61 Å². The van der Waals surface area contributed by atoms with Crippen molar-refractivity contribution in [1.29, 1.82) is 0 Å². The number of nitrogens with one attached hydrogen (secondary N) is 1. The summed E-state index contributed by atoms with van der Waals surface area (Å²) in [6.45, 7) is 4.67. The second kappa shape index (κ2) is 8.67. The number of nitrogens with two attached hydrogens (primary N) is 1. The number of likely N-dealkylation sites (N-methyl/N-ethyl adjacent to an activating group) is 1. The Morgan fingerprint density at radius 2 is 1.95 bits per heavy atom. The van der Waals surface area contributed by atoms with Crippen LogP contribution in [0.2, 0.25) is 0 Å². The van der Waals surface area contributed by atoms with Gasteiger partial charge in [-0.3, -0.25) is 4.79 Å². The van der Waals surface area contributed by atoms with Gasteiger partial charge in [-0.25, -0.2) is 0 Å². The van der Waals surface area contributed by atoms with Crippen molar-refractivity contribution in [2.75, 3.05) is 13.7 Å². The normalized spacial score (nSPS) is 13.7. The molecule has 0 saturated carbocycles. The first-order chi connectivity index (χ1) is 10.0. The van der Waals surface area contributed by atoms with Gasteiger partial charge in [-0.1, -0.05) is 25.5 Å². The van der Waals surface area contributed by atoms with Gasteiger partial charge in [0.15, 0.2) is 0 Å². The first-order valence-electron chi connectivity index (χ1n) is 7.72. The van der Waals surface area contributed by atoms with Gasteiger partial charge in [0, 0.05) is 0 Å². The highest BCUT2D eigenvalue weighted by Crippen LogP contribution is 2.16. The number of hydrogen-bond donors (Lipinski definition) is 2. The summed E-state index contributed by atoms with van der Waals surface area (Å²) in [5.41, 5.74) is 6.11. The van der Waals surface area contributed by atoms with Crippen LogP contribution in [0.4, 0.5) is 0 Å². The third kappa shape index (κ3) is 5.76. The average molecular weight is 292 g/mol. The van der Waals surface area contributed by atoms with Gasteiger partial charge < -0.3 is 15.8 Å². The Balaban J connectivity index is 2.26. The number of ether oxygens (including phenoxy) is 1. The van der Waals surface area contributed by atoms with E-state index in [-0.39, 0.29) is 5.91 Å². The Morgan fingerprint density at radius 1 is 1.29 bits per heavy atom. The fourth-order valence-electron chi connectivity index (χ4n) is 2.18. The van der Waals surface area contributed by atoms with Crippen LogP contribution in [0.3, 0.4) is 0 Å². The Bertz CT molecular complexity index is 431.